The van der Waals surface area contributed by atoms with Crippen molar-refractivity contribution in [1.29, 1.82) is 0 Å². The molecule has 3 aliphatic rings. The molecule has 4 heterocycles. The summed E-state index contributed by atoms with van der Waals surface area (Å²) in [4.78, 5) is 49.2. The van der Waals surface area contributed by atoms with Gasteiger partial charge in [-0.25, -0.2) is 8.42 Å². The number of nitrogens with zero attached hydrogens (tertiary/aromatic N) is 5. The number of sulfonamides is 1. The van der Waals surface area contributed by atoms with Gasteiger partial charge in [-0.1, -0.05) is 13.8 Å². The molecule has 0 aromatic carbocycles. The van der Waals surface area contributed by atoms with E-state index in [1.165, 1.54) is 27.7 Å². The quantitative estimate of drug-likeness (QED) is 0.529. The lowest BCUT2D eigenvalue weighted by Crippen LogP contribution is -2.49. The number of carbonyl (C=O) groups excluding carboxylic acids is 3. The van der Waals surface area contributed by atoms with Crippen molar-refractivity contribution in [3.63, 3.8) is 0 Å². The Morgan fingerprint density at radius 2 is 1.86 bits per heavy atom. The van der Waals surface area contributed by atoms with E-state index in [0.29, 0.717) is 32.5 Å². The molecule has 0 N–H and O–H groups in total. The lowest BCUT2D eigenvalue weighted by atomic mass is 9.91. The first-order valence-electron chi connectivity index (χ1n) is 12.3. The summed E-state index contributed by atoms with van der Waals surface area (Å²) in [7, 11) is -1.88. The van der Waals surface area contributed by atoms with Crippen molar-refractivity contribution in [2.24, 2.45) is 11.8 Å². The van der Waals surface area contributed by atoms with Crippen LogP contribution in [0.3, 0.4) is 0 Å². The van der Waals surface area contributed by atoms with Gasteiger partial charge < -0.3 is 14.7 Å². The second-order valence-electron chi connectivity index (χ2n) is 10.3. The molecule has 1 aromatic heterocycles. The zero-order valence-corrected chi connectivity index (χ0v) is 21.5. The standard InChI is InChI=1S/C24H35N5O5S/c1-17(2)13-18(14-22(31)27-11-9-26(3)10-12-27)24(32)28-8-6-20-23(28)21(30)16-29(20)35(33,34)19-5-4-7-25-15-19/h4-5,7,15,17-18,20,23H,6,8-14,16H2,1-3H3. The number of ketones is 1. The Balaban J connectivity index is 1.50. The summed E-state index contributed by atoms with van der Waals surface area (Å²) >= 11 is 0. The minimum absolute atomic E-state index is 0.0358. The number of carbonyl (C=O) groups is 3. The maximum atomic E-state index is 13.7. The number of rotatable bonds is 7. The molecule has 3 fully saturated rings. The number of piperazine rings is 1. The summed E-state index contributed by atoms with van der Waals surface area (Å²) in [6, 6.07) is 1.61. The maximum Gasteiger partial charge on any atom is 0.245 e. The second-order valence-corrected chi connectivity index (χ2v) is 12.1. The van der Waals surface area contributed by atoms with Crippen LogP contribution in [-0.4, -0.2) is 108 Å². The Morgan fingerprint density at radius 1 is 1.14 bits per heavy atom. The maximum absolute atomic E-state index is 13.7. The van der Waals surface area contributed by atoms with E-state index in [9.17, 15) is 22.8 Å². The van der Waals surface area contributed by atoms with Crippen molar-refractivity contribution in [2.75, 3.05) is 46.3 Å². The number of fused-ring (bicyclic) bond motifs is 1. The van der Waals surface area contributed by atoms with E-state index in [0.717, 1.165) is 13.1 Å². The highest BCUT2D eigenvalue weighted by molar-refractivity contribution is 7.89. The lowest BCUT2D eigenvalue weighted by Gasteiger charge is -2.34. The summed E-state index contributed by atoms with van der Waals surface area (Å²) in [6.07, 6.45) is 3.81. The molecule has 1 aromatic rings. The van der Waals surface area contributed by atoms with E-state index >= 15 is 0 Å². The molecule has 35 heavy (non-hydrogen) atoms. The van der Waals surface area contributed by atoms with Crippen molar-refractivity contribution >= 4 is 27.6 Å². The van der Waals surface area contributed by atoms with Crippen LogP contribution in [0.15, 0.2) is 29.4 Å². The van der Waals surface area contributed by atoms with Gasteiger partial charge in [-0.05, 0) is 37.9 Å². The molecule has 0 spiro atoms. The number of pyridine rings is 1. The molecule has 3 atom stereocenters. The highest BCUT2D eigenvalue weighted by Gasteiger charge is 2.54. The number of Topliss-reactive ketones (excluding diaryl/α,β-unsaturated/α-hetero) is 1. The molecule has 0 radical (unpaired) electrons. The first-order valence-corrected chi connectivity index (χ1v) is 13.7. The molecule has 3 unspecified atom stereocenters. The van der Waals surface area contributed by atoms with Crippen molar-refractivity contribution in [3.8, 4) is 0 Å². The topological polar surface area (TPSA) is 111 Å². The third-order valence-electron chi connectivity index (χ3n) is 7.28. The van der Waals surface area contributed by atoms with E-state index in [1.54, 1.807) is 6.07 Å². The first-order chi connectivity index (χ1) is 16.6. The van der Waals surface area contributed by atoms with Crippen molar-refractivity contribution in [2.45, 2.75) is 50.1 Å². The van der Waals surface area contributed by atoms with Crippen LogP contribution < -0.4 is 0 Å². The van der Waals surface area contributed by atoms with Gasteiger partial charge >= 0.3 is 0 Å². The average Bonchev–Trinajstić information content (AvgIpc) is 3.40. The summed E-state index contributed by atoms with van der Waals surface area (Å²) < 4.78 is 27.6. The smallest absolute Gasteiger partial charge is 0.245 e. The zero-order valence-electron chi connectivity index (χ0n) is 20.7. The van der Waals surface area contributed by atoms with Crippen LogP contribution in [0.5, 0.6) is 0 Å². The molecule has 3 aliphatic heterocycles. The Morgan fingerprint density at radius 3 is 2.49 bits per heavy atom. The van der Waals surface area contributed by atoms with Crippen LogP contribution in [0.4, 0.5) is 0 Å². The highest BCUT2D eigenvalue weighted by Crippen LogP contribution is 2.35. The second kappa shape index (κ2) is 10.3. The Labute approximate surface area is 207 Å². The molecule has 0 saturated carbocycles. The van der Waals surface area contributed by atoms with Crippen LogP contribution >= 0.6 is 0 Å². The lowest BCUT2D eigenvalue weighted by molar-refractivity contribution is -0.144. The number of likely N-dealkylation sites (N-methyl/N-ethyl adjacent to an activating group) is 1. The summed E-state index contributed by atoms with van der Waals surface area (Å²) in [5, 5.41) is 0. The van der Waals surface area contributed by atoms with Gasteiger partial charge in [-0.2, -0.15) is 4.31 Å². The molecule has 10 nitrogen and oxygen atoms in total. The molecule has 2 amide bonds. The number of hydrogen-bond acceptors (Lipinski definition) is 7. The fourth-order valence-corrected chi connectivity index (χ4v) is 7.04. The average molecular weight is 506 g/mol. The van der Waals surface area contributed by atoms with Crippen LogP contribution in [0.2, 0.25) is 0 Å². The van der Waals surface area contributed by atoms with Crippen molar-refractivity contribution < 1.29 is 22.8 Å². The molecular weight excluding hydrogens is 470 g/mol. The van der Waals surface area contributed by atoms with Crippen LogP contribution in [-0.2, 0) is 24.4 Å². The predicted molar refractivity (Wildman–Crippen MR) is 129 cm³/mol. The largest absolute Gasteiger partial charge is 0.340 e. The van der Waals surface area contributed by atoms with Gasteiger partial charge in [0.1, 0.15) is 10.9 Å². The normalized spacial score (nSPS) is 24.7. The monoisotopic (exact) mass is 505 g/mol. The Kier molecular flexibility index (Phi) is 7.58. The van der Waals surface area contributed by atoms with Gasteiger partial charge in [0, 0.05) is 57.5 Å². The number of aromatic nitrogens is 1. The van der Waals surface area contributed by atoms with Gasteiger partial charge in [-0.3, -0.25) is 19.4 Å². The fraction of sp³-hybridized carbons (Fsp3) is 0.667. The minimum Gasteiger partial charge on any atom is -0.340 e. The van der Waals surface area contributed by atoms with Crippen LogP contribution in [0.25, 0.3) is 0 Å². The number of amides is 2. The summed E-state index contributed by atoms with van der Waals surface area (Å²) in [5.41, 5.74) is 0. The Hall–Kier alpha value is -2.37. The molecule has 192 valence electrons. The van der Waals surface area contributed by atoms with Gasteiger partial charge in [0.2, 0.25) is 21.8 Å². The van der Waals surface area contributed by atoms with Gasteiger partial charge in [0.05, 0.1) is 12.6 Å². The molecule has 0 bridgehead atoms. The highest BCUT2D eigenvalue weighted by atomic mass is 32.2. The minimum atomic E-state index is -3.90. The van der Waals surface area contributed by atoms with E-state index in [4.69, 9.17) is 0 Å². The van der Waals surface area contributed by atoms with Crippen LogP contribution in [0, 0.1) is 11.8 Å². The van der Waals surface area contributed by atoms with Crippen molar-refractivity contribution in [1.82, 2.24) is 24.0 Å². The molecule has 11 heteroatoms. The zero-order chi connectivity index (χ0) is 25.3. The van der Waals surface area contributed by atoms with Gasteiger partial charge in [0.15, 0.2) is 5.78 Å². The van der Waals surface area contributed by atoms with E-state index < -0.39 is 28.0 Å². The molecule has 3 saturated heterocycles. The third kappa shape index (κ3) is 5.26. The van der Waals surface area contributed by atoms with E-state index in [1.807, 2.05) is 25.8 Å². The molecule has 0 aliphatic carbocycles. The fourth-order valence-electron chi connectivity index (χ4n) is 5.45. The van der Waals surface area contributed by atoms with Gasteiger partial charge in [0.25, 0.3) is 0 Å². The summed E-state index contributed by atoms with van der Waals surface area (Å²) in [6.45, 7) is 6.96. The number of likely N-dealkylation sites (tertiary alicyclic amines) is 1. The summed E-state index contributed by atoms with van der Waals surface area (Å²) in [5.74, 6) is -0.863. The van der Waals surface area contributed by atoms with Crippen LogP contribution in [0.1, 0.15) is 33.1 Å². The third-order valence-corrected chi connectivity index (χ3v) is 9.14. The first kappa shape index (κ1) is 25.7. The van der Waals surface area contributed by atoms with E-state index in [2.05, 4.69) is 9.88 Å². The number of hydrogen-bond donors (Lipinski definition) is 0. The van der Waals surface area contributed by atoms with Crippen molar-refractivity contribution in [3.05, 3.63) is 24.5 Å². The Bertz CT molecular complexity index is 1060. The van der Waals surface area contributed by atoms with E-state index in [-0.39, 0.29) is 41.4 Å². The molecular formula is C24H35N5O5S. The van der Waals surface area contributed by atoms with Gasteiger partial charge in [-0.15, -0.1) is 0 Å². The molecule has 4 rings (SSSR count). The predicted octanol–water partition coefficient (Wildman–Crippen LogP) is 0.451. The SMILES string of the molecule is CC(C)CC(CC(=O)N1CCN(C)CC1)C(=O)N1CCC2C1C(=O)CN2S(=O)(=O)c1cccnc1.